The Morgan fingerprint density at radius 2 is 2.04 bits per heavy atom. The highest BCUT2D eigenvalue weighted by Gasteiger charge is 2.21. The zero-order chi connectivity index (χ0) is 18.3. The van der Waals surface area contributed by atoms with E-state index in [1.54, 1.807) is 23.5 Å². The van der Waals surface area contributed by atoms with Crippen LogP contribution in [0.5, 0.6) is 5.75 Å². The lowest BCUT2D eigenvalue weighted by Crippen LogP contribution is -3.07. The molecule has 0 aliphatic heterocycles. The number of hydrogen-bond donors (Lipinski definition) is 2. The van der Waals surface area contributed by atoms with E-state index in [9.17, 15) is 9.90 Å². The topological polar surface area (TPSA) is 67.8 Å². The van der Waals surface area contributed by atoms with Crippen LogP contribution in [0.3, 0.4) is 0 Å². The summed E-state index contributed by atoms with van der Waals surface area (Å²) >= 11 is 1.71. The summed E-state index contributed by atoms with van der Waals surface area (Å²) in [6.07, 6.45) is 0. The van der Waals surface area contributed by atoms with Gasteiger partial charge in [-0.3, -0.25) is 0 Å². The van der Waals surface area contributed by atoms with Gasteiger partial charge in [0.15, 0.2) is 5.01 Å². The van der Waals surface area contributed by atoms with Crippen LogP contribution in [-0.4, -0.2) is 17.1 Å². The summed E-state index contributed by atoms with van der Waals surface area (Å²) < 4.78 is 6.40. The second-order valence-corrected chi connectivity index (χ2v) is 7.60. The Bertz CT molecular complexity index is 1120. The number of rotatable bonds is 4. The van der Waals surface area contributed by atoms with Gasteiger partial charge < -0.3 is 14.4 Å². The summed E-state index contributed by atoms with van der Waals surface area (Å²) in [5, 5.41) is 11.5. The van der Waals surface area contributed by atoms with E-state index in [1.807, 2.05) is 18.2 Å². The van der Waals surface area contributed by atoms with Crippen LogP contribution in [0.2, 0.25) is 0 Å². The Hall–Kier alpha value is -2.70. The lowest BCUT2D eigenvalue weighted by molar-refractivity contribution is -0.923. The molecule has 4 rings (SSSR count). The van der Waals surface area contributed by atoms with E-state index in [2.05, 4.69) is 20.0 Å². The molecule has 0 spiro atoms. The molecule has 0 saturated carbocycles. The number of fused-ring (bicyclic) bond motifs is 2. The third kappa shape index (κ3) is 3.09. The molecule has 0 aliphatic carbocycles. The molecule has 0 aliphatic rings. The van der Waals surface area contributed by atoms with Gasteiger partial charge in [-0.15, -0.1) is 11.3 Å². The van der Waals surface area contributed by atoms with Crippen molar-refractivity contribution < 1.29 is 14.4 Å². The van der Waals surface area contributed by atoms with Gasteiger partial charge in [-0.05, 0) is 31.2 Å². The first kappa shape index (κ1) is 16.8. The molecule has 2 aromatic heterocycles. The molecule has 0 saturated heterocycles. The van der Waals surface area contributed by atoms with Crippen molar-refractivity contribution in [2.24, 2.45) is 0 Å². The fraction of sp³-hybridized carbons (Fsp3) is 0.200. The SMILES string of the molecule is C[C@H](c1nc2ccccc2s1)[NH+](C)Cc1cc(=O)oc2cc(O)ccc12. The fourth-order valence-corrected chi connectivity index (χ4v) is 4.22. The first-order valence-corrected chi connectivity index (χ1v) is 9.26. The number of quaternary nitrogens is 1. The number of phenols is 1. The van der Waals surface area contributed by atoms with Crippen molar-refractivity contribution in [2.75, 3.05) is 7.05 Å². The lowest BCUT2D eigenvalue weighted by Gasteiger charge is -2.20. The normalized spacial score (nSPS) is 13.9. The number of aromatic hydroxyl groups is 1. The quantitative estimate of drug-likeness (QED) is 0.544. The van der Waals surface area contributed by atoms with Gasteiger partial charge in [-0.25, -0.2) is 9.78 Å². The van der Waals surface area contributed by atoms with Gasteiger partial charge in [-0.1, -0.05) is 12.1 Å². The predicted octanol–water partition coefficient (Wildman–Crippen LogP) is 2.88. The molecule has 0 radical (unpaired) electrons. The Labute approximate surface area is 154 Å². The molecule has 0 fully saturated rings. The maximum Gasteiger partial charge on any atom is 0.336 e. The van der Waals surface area contributed by atoms with Crippen LogP contribution in [0.1, 0.15) is 23.5 Å². The number of aromatic nitrogens is 1. The molecule has 0 bridgehead atoms. The highest BCUT2D eigenvalue weighted by atomic mass is 32.1. The minimum atomic E-state index is -0.404. The third-order valence-electron chi connectivity index (χ3n) is 4.70. The Morgan fingerprint density at radius 3 is 2.85 bits per heavy atom. The van der Waals surface area contributed by atoms with Crippen molar-refractivity contribution in [2.45, 2.75) is 19.5 Å². The minimum Gasteiger partial charge on any atom is -0.508 e. The summed E-state index contributed by atoms with van der Waals surface area (Å²) in [7, 11) is 2.09. The van der Waals surface area contributed by atoms with E-state index >= 15 is 0 Å². The Balaban J connectivity index is 1.66. The number of thiazole rings is 1. The van der Waals surface area contributed by atoms with E-state index < -0.39 is 5.63 Å². The van der Waals surface area contributed by atoms with Gasteiger partial charge in [0.1, 0.15) is 23.9 Å². The fourth-order valence-electron chi connectivity index (χ4n) is 3.10. The standard InChI is InChI=1S/C20H18N2O3S/c1-12(20-21-16-5-3-4-6-18(16)26-20)22(2)11-13-9-19(24)25-17-10-14(23)7-8-15(13)17/h3-10,12,23H,11H2,1-2H3/p+1/t12-/m1/s1. The van der Waals surface area contributed by atoms with Crippen LogP contribution in [0, 0.1) is 0 Å². The van der Waals surface area contributed by atoms with Crippen LogP contribution >= 0.6 is 11.3 Å². The van der Waals surface area contributed by atoms with Crippen molar-refractivity contribution >= 4 is 32.5 Å². The average Bonchev–Trinajstić information content (AvgIpc) is 3.04. The average molecular weight is 367 g/mol. The van der Waals surface area contributed by atoms with Gasteiger partial charge in [-0.2, -0.15) is 0 Å². The summed E-state index contributed by atoms with van der Waals surface area (Å²) in [6, 6.07) is 14.7. The zero-order valence-corrected chi connectivity index (χ0v) is 15.3. The second kappa shape index (κ2) is 6.55. The van der Waals surface area contributed by atoms with Gasteiger partial charge in [0.2, 0.25) is 0 Å². The molecule has 2 N–H and O–H groups in total. The Kier molecular flexibility index (Phi) is 4.22. The number of nitrogens with one attached hydrogen (secondary N) is 1. The second-order valence-electron chi connectivity index (χ2n) is 6.54. The van der Waals surface area contributed by atoms with Crippen molar-refractivity contribution in [1.29, 1.82) is 0 Å². The highest BCUT2D eigenvalue weighted by molar-refractivity contribution is 7.18. The number of benzene rings is 2. The first-order valence-electron chi connectivity index (χ1n) is 8.45. The minimum absolute atomic E-state index is 0.0846. The maximum atomic E-state index is 11.9. The number of nitrogens with zero attached hydrogens (tertiary/aromatic N) is 1. The van der Waals surface area contributed by atoms with Gasteiger partial charge >= 0.3 is 5.63 Å². The molecule has 6 heteroatoms. The van der Waals surface area contributed by atoms with E-state index in [0.29, 0.717) is 12.1 Å². The predicted molar refractivity (Wildman–Crippen MR) is 103 cm³/mol. The number of hydrogen-bond acceptors (Lipinski definition) is 5. The third-order valence-corrected chi connectivity index (χ3v) is 5.92. The van der Waals surface area contributed by atoms with Crippen LogP contribution < -0.4 is 10.5 Å². The molecule has 4 aromatic rings. The zero-order valence-electron chi connectivity index (χ0n) is 14.5. The van der Waals surface area contributed by atoms with Gasteiger partial charge in [0.05, 0.1) is 17.3 Å². The molecule has 2 atom stereocenters. The van der Waals surface area contributed by atoms with Crippen LogP contribution in [0.4, 0.5) is 0 Å². The number of phenolic OH excluding ortho intramolecular Hbond substituents is 1. The molecule has 132 valence electrons. The molecule has 2 heterocycles. The van der Waals surface area contributed by atoms with E-state index in [1.165, 1.54) is 21.7 Å². The summed E-state index contributed by atoms with van der Waals surface area (Å²) in [5.74, 6) is 0.0846. The number of para-hydroxylation sites is 1. The molecular weight excluding hydrogens is 348 g/mol. The molecule has 1 unspecified atom stereocenters. The van der Waals surface area contributed by atoms with E-state index in [0.717, 1.165) is 21.5 Å². The largest absolute Gasteiger partial charge is 0.508 e. The molecule has 5 nitrogen and oxygen atoms in total. The first-order chi connectivity index (χ1) is 12.5. The van der Waals surface area contributed by atoms with Gasteiger partial charge in [0, 0.05) is 23.1 Å². The summed E-state index contributed by atoms with van der Waals surface area (Å²) in [6.45, 7) is 2.80. The monoisotopic (exact) mass is 367 g/mol. The van der Waals surface area contributed by atoms with Crippen molar-refractivity contribution in [3.8, 4) is 5.75 Å². The maximum absolute atomic E-state index is 11.9. The van der Waals surface area contributed by atoms with E-state index in [-0.39, 0.29) is 11.8 Å². The van der Waals surface area contributed by atoms with Crippen LogP contribution in [-0.2, 0) is 6.54 Å². The molecule has 26 heavy (non-hydrogen) atoms. The van der Waals surface area contributed by atoms with Crippen molar-refractivity contribution in [3.05, 3.63) is 69.5 Å². The highest BCUT2D eigenvalue weighted by Crippen LogP contribution is 2.25. The molecule has 0 amide bonds. The molecule has 2 aromatic carbocycles. The Morgan fingerprint density at radius 1 is 1.23 bits per heavy atom. The molecular formula is C20H19N2O3S+. The van der Waals surface area contributed by atoms with Crippen molar-refractivity contribution in [3.63, 3.8) is 0 Å². The lowest BCUT2D eigenvalue weighted by atomic mass is 10.1. The van der Waals surface area contributed by atoms with Gasteiger partial charge in [0.25, 0.3) is 0 Å². The summed E-state index contributed by atoms with van der Waals surface area (Å²) in [4.78, 5) is 17.9. The smallest absolute Gasteiger partial charge is 0.336 e. The van der Waals surface area contributed by atoms with Crippen LogP contribution in [0.15, 0.2) is 57.7 Å². The van der Waals surface area contributed by atoms with Crippen LogP contribution in [0.25, 0.3) is 21.2 Å². The van der Waals surface area contributed by atoms with Crippen molar-refractivity contribution in [1.82, 2.24) is 4.98 Å². The van der Waals surface area contributed by atoms with E-state index in [4.69, 9.17) is 9.40 Å². The summed E-state index contributed by atoms with van der Waals surface area (Å²) in [5.41, 5.74) is 1.93.